The van der Waals surface area contributed by atoms with Crippen LogP contribution in [-0.2, 0) is 19.5 Å². The molecule has 1 N–H and O–H groups in total. The summed E-state index contributed by atoms with van der Waals surface area (Å²) in [5, 5.41) is 2.93. The Morgan fingerprint density at radius 2 is 2.00 bits per heavy atom. The molecule has 0 aliphatic carbocycles. The van der Waals surface area contributed by atoms with Crippen LogP contribution in [0.3, 0.4) is 0 Å². The quantitative estimate of drug-likeness (QED) is 0.817. The highest BCUT2D eigenvalue weighted by molar-refractivity contribution is 5.97. The highest BCUT2D eigenvalue weighted by Crippen LogP contribution is 2.22. The first-order valence-electron chi connectivity index (χ1n) is 9.78. The van der Waals surface area contributed by atoms with Gasteiger partial charge in [-0.3, -0.25) is 9.59 Å². The van der Waals surface area contributed by atoms with Crippen molar-refractivity contribution in [2.24, 2.45) is 0 Å². The molecule has 0 saturated carbocycles. The molecule has 0 radical (unpaired) electrons. The summed E-state index contributed by atoms with van der Waals surface area (Å²) in [7, 11) is 1.81. The van der Waals surface area contributed by atoms with Crippen LogP contribution in [0.1, 0.15) is 65.0 Å². The van der Waals surface area contributed by atoms with E-state index in [2.05, 4.69) is 17.2 Å². The van der Waals surface area contributed by atoms with Crippen molar-refractivity contribution in [3.05, 3.63) is 53.1 Å². The van der Waals surface area contributed by atoms with Crippen molar-refractivity contribution in [2.45, 2.75) is 52.1 Å². The molecule has 1 aromatic heterocycles. The van der Waals surface area contributed by atoms with Gasteiger partial charge in [0.15, 0.2) is 5.82 Å². The van der Waals surface area contributed by atoms with Crippen molar-refractivity contribution < 1.29 is 9.59 Å². The number of carbonyl (C=O) groups excluding carboxylic acids is 2. The SMILES string of the molecule is CCCCN(C)C(=O)c1nc(C(=O)NCc2ccccc2)n2c1CCCC2. The summed E-state index contributed by atoms with van der Waals surface area (Å²) in [6.07, 6.45) is 4.81. The number of hydrogen-bond acceptors (Lipinski definition) is 3. The smallest absolute Gasteiger partial charge is 0.287 e. The van der Waals surface area contributed by atoms with Crippen molar-refractivity contribution in [2.75, 3.05) is 13.6 Å². The Labute approximate surface area is 160 Å². The van der Waals surface area contributed by atoms with Crippen LogP contribution < -0.4 is 5.32 Å². The normalized spacial score (nSPS) is 13.1. The van der Waals surface area contributed by atoms with Crippen LogP contribution in [0.15, 0.2) is 30.3 Å². The second kappa shape index (κ2) is 8.84. The van der Waals surface area contributed by atoms with Crippen LogP contribution in [0.4, 0.5) is 0 Å². The van der Waals surface area contributed by atoms with Crippen LogP contribution >= 0.6 is 0 Å². The van der Waals surface area contributed by atoms with E-state index in [0.29, 0.717) is 24.6 Å². The number of carbonyl (C=O) groups is 2. The number of nitrogens with zero attached hydrogens (tertiary/aromatic N) is 3. The lowest BCUT2D eigenvalue weighted by Gasteiger charge is -2.19. The number of hydrogen-bond donors (Lipinski definition) is 1. The van der Waals surface area contributed by atoms with Gasteiger partial charge in [-0.25, -0.2) is 4.98 Å². The molecule has 0 fully saturated rings. The first-order chi connectivity index (χ1) is 13.1. The zero-order chi connectivity index (χ0) is 19.2. The van der Waals surface area contributed by atoms with E-state index in [4.69, 9.17) is 0 Å². The highest BCUT2D eigenvalue weighted by Gasteiger charge is 2.28. The van der Waals surface area contributed by atoms with Gasteiger partial charge in [0.05, 0.1) is 5.69 Å². The van der Waals surface area contributed by atoms with E-state index in [9.17, 15) is 9.59 Å². The van der Waals surface area contributed by atoms with Gasteiger partial charge in [0.1, 0.15) is 5.69 Å². The summed E-state index contributed by atoms with van der Waals surface area (Å²) in [6.45, 7) is 3.99. The minimum Gasteiger partial charge on any atom is -0.345 e. The third kappa shape index (κ3) is 4.38. The van der Waals surface area contributed by atoms with Gasteiger partial charge < -0.3 is 14.8 Å². The van der Waals surface area contributed by atoms with E-state index in [1.165, 1.54) is 0 Å². The molecule has 2 amide bonds. The number of nitrogens with one attached hydrogen (secondary N) is 1. The molecule has 144 valence electrons. The van der Waals surface area contributed by atoms with E-state index >= 15 is 0 Å². The van der Waals surface area contributed by atoms with Crippen molar-refractivity contribution in [1.29, 1.82) is 0 Å². The molecule has 6 heteroatoms. The van der Waals surface area contributed by atoms with Crippen molar-refractivity contribution in [3.8, 4) is 0 Å². The predicted octanol–water partition coefficient (Wildman–Crippen LogP) is 3.02. The number of fused-ring (bicyclic) bond motifs is 1. The lowest BCUT2D eigenvalue weighted by molar-refractivity contribution is 0.0786. The molecule has 6 nitrogen and oxygen atoms in total. The Kier molecular flexibility index (Phi) is 6.27. The molecule has 1 aliphatic rings. The van der Waals surface area contributed by atoms with Gasteiger partial charge in [-0.2, -0.15) is 0 Å². The van der Waals surface area contributed by atoms with E-state index in [1.54, 1.807) is 4.90 Å². The Bertz CT molecular complexity index is 798. The Hall–Kier alpha value is -2.63. The molecule has 1 aliphatic heterocycles. The summed E-state index contributed by atoms with van der Waals surface area (Å²) in [4.78, 5) is 31.8. The minimum atomic E-state index is -0.225. The zero-order valence-electron chi connectivity index (χ0n) is 16.2. The average Bonchev–Trinajstić information content (AvgIpc) is 3.10. The van der Waals surface area contributed by atoms with Gasteiger partial charge in [-0.05, 0) is 31.2 Å². The van der Waals surface area contributed by atoms with E-state index < -0.39 is 0 Å². The maximum absolute atomic E-state index is 12.9. The monoisotopic (exact) mass is 368 g/mol. The summed E-state index contributed by atoms with van der Waals surface area (Å²) >= 11 is 0. The molecular formula is C21H28N4O2. The van der Waals surface area contributed by atoms with Crippen LogP contribution in [0, 0.1) is 0 Å². The van der Waals surface area contributed by atoms with Gasteiger partial charge in [-0.15, -0.1) is 0 Å². The number of rotatable bonds is 7. The van der Waals surface area contributed by atoms with E-state index in [-0.39, 0.29) is 11.8 Å². The Morgan fingerprint density at radius 3 is 2.74 bits per heavy atom. The van der Waals surface area contributed by atoms with Crippen LogP contribution in [0.2, 0.25) is 0 Å². The fourth-order valence-corrected chi connectivity index (χ4v) is 3.42. The maximum atomic E-state index is 12.9. The second-order valence-corrected chi connectivity index (χ2v) is 7.09. The van der Waals surface area contributed by atoms with Crippen molar-refractivity contribution in [1.82, 2.24) is 19.8 Å². The maximum Gasteiger partial charge on any atom is 0.287 e. The molecule has 2 heterocycles. The Morgan fingerprint density at radius 1 is 1.22 bits per heavy atom. The first kappa shape index (κ1) is 19.1. The molecule has 2 aromatic rings. The predicted molar refractivity (Wildman–Crippen MR) is 105 cm³/mol. The third-order valence-corrected chi connectivity index (χ3v) is 5.01. The number of unbranched alkanes of at least 4 members (excludes halogenated alkanes) is 1. The van der Waals surface area contributed by atoms with Gasteiger partial charge in [-0.1, -0.05) is 43.7 Å². The number of aromatic nitrogens is 2. The average molecular weight is 368 g/mol. The van der Waals surface area contributed by atoms with Gasteiger partial charge in [0, 0.05) is 26.7 Å². The fourth-order valence-electron chi connectivity index (χ4n) is 3.42. The summed E-state index contributed by atoms with van der Waals surface area (Å²) in [6, 6.07) is 9.78. The second-order valence-electron chi connectivity index (χ2n) is 7.09. The fraction of sp³-hybridized carbons (Fsp3) is 0.476. The first-order valence-corrected chi connectivity index (χ1v) is 9.78. The Balaban J connectivity index is 1.80. The molecular weight excluding hydrogens is 340 g/mol. The molecule has 1 aromatic carbocycles. The summed E-state index contributed by atoms with van der Waals surface area (Å²) in [5.74, 6) is 0.0429. The van der Waals surface area contributed by atoms with Gasteiger partial charge >= 0.3 is 0 Å². The van der Waals surface area contributed by atoms with Crippen LogP contribution in [-0.4, -0.2) is 39.9 Å². The highest BCUT2D eigenvalue weighted by atomic mass is 16.2. The third-order valence-electron chi connectivity index (χ3n) is 5.01. The largest absolute Gasteiger partial charge is 0.345 e. The van der Waals surface area contributed by atoms with Gasteiger partial charge in [0.25, 0.3) is 11.8 Å². The molecule has 0 atom stereocenters. The molecule has 3 rings (SSSR count). The number of imidazole rings is 1. The molecule has 0 saturated heterocycles. The number of benzene rings is 1. The standard InChI is InChI=1S/C21H28N4O2/c1-3-4-13-24(2)21(27)18-17-12-8-9-14-25(17)19(23-18)20(26)22-15-16-10-6-5-7-11-16/h5-7,10-11H,3-4,8-9,12-15H2,1-2H3,(H,22,26). The van der Waals surface area contributed by atoms with Crippen LogP contribution in [0.5, 0.6) is 0 Å². The molecule has 0 unspecified atom stereocenters. The molecule has 0 bridgehead atoms. The lowest BCUT2D eigenvalue weighted by Crippen LogP contribution is -2.29. The molecule has 27 heavy (non-hydrogen) atoms. The lowest BCUT2D eigenvalue weighted by atomic mass is 10.1. The van der Waals surface area contributed by atoms with Gasteiger partial charge in [0.2, 0.25) is 0 Å². The van der Waals surface area contributed by atoms with E-state index in [0.717, 1.165) is 49.9 Å². The topological polar surface area (TPSA) is 67.2 Å². The number of amides is 2. The van der Waals surface area contributed by atoms with Crippen LogP contribution in [0.25, 0.3) is 0 Å². The summed E-state index contributed by atoms with van der Waals surface area (Å²) in [5.41, 5.74) is 2.38. The zero-order valence-corrected chi connectivity index (χ0v) is 16.2. The van der Waals surface area contributed by atoms with E-state index in [1.807, 2.05) is 41.9 Å². The van der Waals surface area contributed by atoms with Crippen molar-refractivity contribution in [3.63, 3.8) is 0 Å². The summed E-state index contributed by atoms with van der Waals surface area (Å²) < 4.78 is 1.94. The van der Waals surface area contributed by atoms with Crippen molar-refractivity contribution >= 4 is 11.8 Å². The minimum absolute atomic E-state index is 0.0868. The molecule has 0 spiro atoms.